The highest BCUT2D eigenvalue weighted by molar-refractivity contribution is 5.46. The molecule has 0 unspecified atom stereocenters. The molecule has 2 N–H and O–H groups in total. The molecule has 1 saturated heterocycles. The highest BCUT2D eigenvalue weighted by Gasteiger charge is 2.28. The fourth-order valence-corrected chi connectivity index (χ4v) is 2.90. The van der Waals surface area contributed by atoms with Crippen LogP contribution in [0, 0.1) is 0 Å². The molecular weight excluding hydrogens is 268 g/mol. The number of rotatable bonds is 6. The summed E-state index contributed by atoms with van der Waals surface area (Å²) in [5, 5.41) is 12.4. The van der Waals surface area contributed by atoms with Crippen molar-refractivity contribution in [3.05, 3.63) is 0 Å². The van der Waals surface area contributed by atoms with Crippen LogP contribution in [0.3, 0.4) is 0 Å². The minimum Gasteiger partial charge on any atom is -0.395 e. The Bertz CT molecular complexity index is 473. The van der Waals surface area contributed by atoms with Crippen LogP contribution in [0.2, 0.25) is 0 Å². The van der Waals surface area contributed by atoms with Gasteiger partial charge in [0.25, 0.3) is 0 Å². The third-order valence-corrected chi connectivity index (χ3v) is 4.34. The molecule has 1 aromatic rings. The van der Waals surface area contributed by atoms with Gasteiger partial charge in [0.05, 0.1) is 6.61 Å². The Balaban J connectivity index is 1.89. The van der Waals surface area contributed by atoms with Gasteiger partial charge in [0.15, 0.2) is 0 Å². The van der Waals surface area contributed by atoms with Crippen LogP contribution in [0.4, 0.5) is 17.8 Å². The van der Waals surface area contributed by atoms with E-state index in [0.717, 1.165) is 31.9 Å². The molecule has 1 saturated carbocycles. The van der Waals surface area contributed by atoms with Crippen molar-refractivity contribution < 1.29 is 5.11 Å². The first-order chi connectivity index (χ1) is 10.3. The second kappa shape index (κ2) is 6.43. The van der Waals surface area contributed by atoms with Crippen molar-refractivity contribution in [1.29, 1.82) is 0 Å². The molecule has 2 aliphatic rings. The topological polar surface area (TPSA) is 77.4 Å². The lowest BCUT2D eigenvalue weighted by Crippen LogP contribution is -2.43. The van der Waals surface area contributed by atoms with Gasteiger partial charge in [-0.2, -0.15) is 15.0 Å². The molecule has 7 heteroatoms. The van der Waals surface area contributed by atoms with Crippen molar-refractivity contribution in [2.24, 2.45) is 0 Å². The Morgan fingerprint density at radius 3 is 2.52 bits per heavy atom. The zero-order valence-corrected chi connectivity index (χ0v) is 12.6. The van der Waals surface area contributed by atoms with Gasteiger partial charge in [0.2, 0.25) is 17.8 Å². The van der Waals surface area contributed by atoms with Gasteiger partial charge in [-0.25, -0.2) is 0 Å². The van der Waals surface area contributed by atoms with E-state index < -0.39 is 0 Å². The molecule has 2 heterocycles. The molecule has 116 valence electrons. The molecule has 0 atom stereocenters. The Hall–Kier alpha value is -1.63. The number of nitrogens with zero attached hydrogens (tertiary/aromatic N) is 5. The van der Waals surface area contributed by atoms with Crippen LogP contribution in [0.1, 0.15) is 32.1 Å². The maximum atomic E-state index is 9.33. The summed E-state index contributed by atoms with van der Waals surface area (Å²) < 4.78 is 0. The monoisotopic (exact) mass is 292 g/mol. The zero-order valence-electron chi connectivity index (χ0n) is 12.6. The summed E-state index contributed by atoms with van der Waals surface area (Å²) in [4.78, 5) is 18.0. The lowest BCUT2D eigenvalue weighted by atomic mass is 9.92. The Morgan fingerprint density at radius 1 is 1.19 bits per heavy atom. The third-order valence-electron chi connectivity index (χ3n) is 4.34. The quantitative estimate of drug-likeness (QED) is 0.805. The molecule has 0 amide bonds. The second-order valence-electron chi connectivity index (χ2n) is 5.70. The van der Waals surface area contributed by atoms with E-state index in [1.54, 1.807) is 0 Å². The molecule has 1 aliphatic carbocycles. The van der Waals surface area contributed by atoms with E-state index in [2.05, 4.69) is 30.1 Å². The smallest absolute Gasteiger partial charge is 0.232 e. The molecule has 3 rings (SSSR count). The summed E-state index contributed by atoms with van der Waals surface area (Å²) in [7, 11) is 1.83. The molecule has 0 aromatic carbocycles. The maximum absolute atomic E-state index is 9.33. The second-order valence-corrected chi connectivity index (χ2v) is 5.70. The van der Waals surface area contributed by atoms with Gasteiger partial charge >= 0.3 is 0 Å². The number of hydrogen-bond acceptors (Lipinski definition) is 7. The van der Waals surface area contributed by atoms with Gasteiger partial charge in [-0.15, -0.1) is 0 Å². The van der Waals surface area contributed by atoms with Crippen molar-refractivity contribution in [2.45, 2.75) is 38.1 Å². The van der Waals surface area contributed by atoms with Crippen molar-refractivity contribution in [1.82, 2.24) is 15.0 Å². The Morgan fingerprint density at radius 2 is 1.95 bits per heavy atom. The van der Waals surface area contributed by atoms with E-state index in [1.807, 2.05) is 7.05 Å². The summed E-state index contributed by atoms with van der Waals surface area (Å²) in [5.41, 5.74) is 0. The van der Waals surface area contributed by atoms with Gasteiger partial charge in [-0.1, -0.05) is 0 Å². The predicted molar refractivity (Wildman–Crippen MR) is 82.9 cm³/mol. The minimum atomic E-state index is 0.121. The van der Waals surface area contributed by atoms with Gasteiger partial charge < -0.3 is 20.2 Å². The standard InChI is InChI=1S/C14H24N6O/c1-15-12-16-13(19-7-2-3-8-19)18-14(17-12)20(9-10-21)11-5-4-6-11/h11,21H,2-10H2,1H3,(H,15,16,17,18). The van der Waals surface area contributed by atoms with Crippen LogP contribution in [0.15, 0.2) is 0 Å². The van der Waals surface area contributed by atoms with Crippen LogP contribution in [-0.4, -0.2) is 59.4 Å². The molecule has 1 aliphatic heterocycles. The molecule has 2 fully saturated rings. The largest absolute Gasteiger partial charge is 0.395 e. The molecule has 7 nitrogen and oxygen atoms in total. The fraction of sp³-hybridized carbons (Fsp3) is 0.786. The first-order valence-corrected chi connectivity index (χ1v) is 7.88. The molecule has 0 bridgehead atoms. The average Bonchev–Trinajstić information content (AvgIpc) is 2.98. The van der Waals surface area contributed by atoms with Gasteiger partial charge in [-0.05, 0) is 32.1 Å². The highest BCUT2D eigenvalue weighted by atomic mass is 16.3. The first-order valence-electron chi connectivity index (χ1n) is 7.88. The first kappa shape index (κ1) is 14.3. The van der Waals surface area contributed by atoms with Gasteiger partial charge in [0.1, 0.15) is 0 Å². The number of hydrogen-bond donors (Lipinski definition) is 2. The van der Waals surface area contributed by atoms with Crippen LogP contribution in [0.5, 0.6) is 0 Å². The molecule has 0 radical (unpaired) electrons. The summed E-state index contributed by atoms with van der Waals surface area (Å²) in [6.07, 6.45) is 5.94. The van der Waals surface area contributed by atoms with E-state index in [1.165, 1.54) is 19.3 Å². The van der Waals surface area contributed by atoms with Gasteiger partial charge in [-0.3, -0.25) is 0 Å². The van der Waals surface area contributed by atoms with Crippen LogP contribution >= 0.6 is 0 Å². The maximum Gasteiger partial charge on any atom is 0.232 e. The summed E-state index contributed by atoms with van der Waals surface area (Å²) >= 11 is 0. The van der Waals surface area contributed by atoms with Crippen molar-refractivity contribution in [3.8, 4) is 0 Å². The predicted octanol–water partition coefficient (Wildman–Crippen LogP) is 0.865. The van der Waals surface area contributed by atoms with Crippen molar-refractivity contribution in [3.63, 3.8) is 0 Å². The minimum absolute atomic E-state index is 0.121. The van der Waals surface area contributed by atoms with Gasteiger partial charge in [0, 0.05) is 32.7 Å². The number of aliphatic hydroxyl groups is 1. The molecule has 21 heavy (non-hydrogen) atoms. The van der Waals surface area contributed by atoms with Crippen molar-refractivity contribution >= 4 is 17.8 Å². The highest BCUT2D eigenvalue weighted by Crippen LogP contribution is 2.29. The van der Waals surface area contributed by atoms with E-state index in [0.29, 0.717) is 24.5 Å². The summed E-state index contributed by atoms with van der Waals surface area (Å²) in [6, 6.07) is 0.454. The Labute approximate surface area is 125 Å². The van der Waals surface area contributed by atoms with E-state index in [-0.39, 0.29) is 6.61 Å². The Kier molecular flexibility index (Phi) is 4.38. The number of nitrogens with one attached hydrogen (secondary N) is 1. The van der Waals surface area contributed by atoms with E-state index >= 15 is 0 Å². The lowest BCUT2D eigenvalue weighted by Gasteiger charge is -2.37. The molecule has 1 aromatic heterocycles. The number of aliphatic hydroxyl groups excluding tert-OH is 1. The van der Waals surface area contributed by atoms with Crippen LogP contribution < -0.4 is 15.1 Å². The van der Waals surface area contributed by atoms with Crippen molar-refractivity contribution in [2.75, 3.05) is 48.4 Å². The number of aromatic nitrogens is 3. The number of anilines is 3. The van der Waals surface area contributed by atoms with Crippen LogP contribution in [0.25, 0.3) is 0 Å². The fourth-order valence-electron chi connectivity index (χ4n) is 2.90. The summed E-state index contributed by atoms with van der Waals surface area (Å²) in [5.74, 6) is 2.04. The van der Waals surface area contributed by atoms with E-state index in [4.69, 9.17) is 0 Å². The molecular formula is C14H24N6O. The lowest BCUT2D eigenvalue weighted by molar-refractivity contribution is 0.282. The normalized spacial score (nSPS) is 18.7. The zero-order chi connectivity index (χ0) is 14.7. The summed E-state index contributed by atoms with van der Waals surface area (Å²) in [6.45, 7) is 2.72. The third kappa shape index (κ3) is 3.02. The average molecular weight is 292 g/mol. The molecule has 0 spiro atoms. The van der Waals surface area contributed by atoms with E-state index in [9.17, 15) is 5.11 Å². The SMILES string of the molecule is CNc1nc(N2CCCC2)nc(N(CCO)C2CCC2)n1. The van der Waals surface area contributed by atoms with Crippen LogP contribution in [-0.2, 0) is 0 Å².